The van der Waals surface area contributed by atoms with E-state index in [9.17, 15) is 4.79 Å². The van der Waals surface area contributed by atoms with Gasteiger partial charge < -0.3 is 9.47 Å². The Morgan fingerprint density at radius 3 is 2.62 bits per heavy atom. The molecule has 0 bridgehead atoms. The number of aryl methyl sites for hydroxylation is 3. The molecule has 0 radical (unpaired) electrons. The van der Waals surface area contributed by atoms with E-state index in [1.807, 2.05) is 43.4 Å². The maximum absolute atomic E-state index is 12.7. The van der Waals surface area contributed by atoms with Crippen molar-refractivity contribution >= 4 is 5.91 Å². The number of imidazole rings is 1. The molecule has 0 unspecified atom stereocenters. The highest BCUT2D eigenvalue weighted by Crippen LogP contribution is 2.25. The van der Waals surface area contributed by atoms with Crippen molar-refractivity contribution in [3.8, 4) is 11.4 Å². The first kappa shape index (κ1) is 19.4. The third-order valence-corrected chi connectivity index (χ3v) is 5.97. The molecule has 1 fully saturated rings. The Balaban J connectivity index is 1.34. The summed E-state index contributed by atoms with van der Waals surface area (Å²) >= 11 is 0. The lowest BCUT2D eigenvalue weighted by Gasteiger charge is -2.31. The molecular weight excluding hydrogens is 364 g/mol. The second-order valence-electron chi connectivity index (χ2n) is 7.94. The fourth-order valence-corrected chi connectivity index (χ4v) is 4.03. The number of pyridine rings is 1. The van der Waals surface area contributed by atoms with Gasteiger partial charge in [0.1, 0.15) is 5.82 Å². The van der Waals surface area contributed by atoms with Crippen LogP contribution in [0.3, 0.4) is 0 Å². The van der Waals surface area contributed by atoms with Gasteiger partial charge in [-0.05, 0) is 57.2 Å². The highest BCUT2D eigenvalue weighted by Gasteiger charge is 2.25. The number of carbonyl (C=O) groups is 1. The zero-order valence-electron chi connectivity index (χ0n) is 17.4. The van der Waals surface area contributed by atoms with Crippen molar-refractivity contribution in [1.82, 2.24) is 29.2 Å². The number of rotatable bonds is 5. The fourth-order valence-electron chi connectivity index (χ4n) is 4.03. The zero-order valence-corrected chi connectivity index (χ0v) is 17.4. The van der Waals surface area contributed by atoms with Crippen LogP contribution in [0, 0.1) is 19.8 Å². The number of amides is 1. The molecule has 7 heteroatoms. The van der Waals surface area contributed by atoms with Crippen LogP contribution in [0.1, 0.15) is 41.1 Å². The zero-order chi connectivity index (χ0) is 20.4. The number of hydrogen-bond donors (Lipinski definition) is 0. The van der Waals surface area contributed by atoms with Crippen molar-refractivity contribution in [1.29, 1.82) is 0 Å². The van der Waals surface area contributed by atoms with Crippen molar-refractivity contribution in [3.63, 3.8) is 0 Å². The summed E-state index contributed by atoms with van der Waals surface area (Å²) in [6, 6.07) is 5.87. The Hall–Kier alpha value is -2.96. The van der Waals surface area contributed by atoms with Crippen LogP contribution in [0.5, 0.6) is 0 Å². The minimum absolute atomic E-state index is 0.0523. The van der Waals surface area contributed by atoms with Crippen LogP contribution in [0.15, 0.2) is 36.8 Å². The standard InChI is InChI=1S/C22H28N6O/c1-16-13-20(25-26(16)3)22(29)27-10-6-18(7-11-27)8-12-28-17(2)14-24-21(28)19-5-4-9-23-15-19/h4-5,9,13-15,18H,6-8,10-12H2,1-3H3. The van der Waals surface area contributed by atoms with Crippen molar-refractivity contribution in [2.75, 3.05) is 13.1 Å². The topological polar surface area (TPSA) is 68.8 Å². The molecule has 7 nitrogen and oxygen atoms in total. The van der Waals surface area contributed by atoms with Crippen LogP contribution in [0.25, 0.3) is 11.4 Å². The normalized spacial score (nSPS) is 15.1. The van der Waals surface area contributed by atoms with E-state index in [0.29, 0.717) is 11.6 Å². The monoisotopic (exact) mass is 392 g/mol. The average Bonchev–Trinajstić information content (AvgIpc) is 3.28. The molecule has 29 heavy (non-hydrogen) atoms. The van der Waals surface area contributed by atoms with Gasteiger partial charge in [-0.3, -0.25) is 14.5 Å². The molecule has 1 saturated heterocycles. The van der Waals surface area contributed by atoms with Gasteiger partial charge in [-0.2, -0.15) is 5.10 Å². The van der Waals surface area contributed by atoms with Gasteiger partial charge in [0.25, 0.3) is 5.91 Å². The molecule has 0 N–H and O–H groups in total. The molecule has 1 aliphatic heterocycles. The second kappa shape index (κ2) is 8.19. The van der Waals surface area contributed by atoms with E-state index in [0.717, 1.165) is 56.0 Å². The Kier molecular flexibility index (Phi) is 5.47. The third-order valence-electron chi connectivity index (χ3n) is 5.97. The molecule has 1 aliphatic rings. The fraction of sp³-hybridized carbons (Fsp3) is 0.455. The molecule has 0 atom stereocenters. The van der Waals surface area contributed by atoms with Crippen molar-refractivity contribution in [2.45, 2.75) is 39.7 Å². The van der Waals surface area contributed by atoms with Crippen LogP contribution < -0.4 is 0 Å². The Bertz CT molecular complexity index is 963. The van der Waals surface area contributed by atoms with Gasteiger partial charge in [0.2, 0.25) is 0 Å². The first-order valence-electron chi connectivity index (χ1n) is 10.3. The van der Waals surface area contributed by atoms with E-state index >= 15 is 0 Å². The minimum atomic E-state index is 0.0523. The van der Waals surface area contributed by atoms with E-state index < -0.39 is 0 Å². The Morgan fingerprint density at radius 1 is 1.17 bits per heavy atom. The average molecular weight is 393 g/mol. The summed E-state index contributed by atoms with van der Waals surface area (Å²) in [6.07, 6.45) is 8.74. The van der Waals surface area contributed by atoms with Crippen LogP contribution in [-0.2, 0) is 13.6 Å². The summed E-state index contributed by atoms with van der Waals surface area (Å²) in [5.74, 6) is 1.65. The number of aromatic nitrogens is 5. The predicted octanol–water partition coefficient (Wildman–Crippen LogP) is 3.24. The Labute approximate surface area is 171 Å². The molecule has 152 valence electrons. The van der Waals surface area contributed by atoms with Gasteiger partial charge in [0.15, 0.2) is 5.69 Å². The summed E-state index contributed by atoms with van der Waals surface area (Å²) in [4.78, 5) is 23.5. The summed E-state index contributed by atoms with van der Waals surface area (Å²) in [7, 11) is 1.87. The molecule has 0 aliphatic carbocycles. The Morgan fingerprint density at radius 2 is 1.97 bits per heavy atom. The predicted molar refractivity (Wildman–Crippen MR) is 111 cm³/mol. The molecule has 3 aromatic heterocycles. The maximum atomic E-state index is 12.7. The summed E-state index contributed by atoms with van der Waals surface area (Å²) in [6.45, 7) is 6.61. The maximum Gasteiger partial charge on any atom is 0.274 e. The first-order chi connectivity index (χ1) is 14.0. The highest BCUT2D eigenvalue weighted by molar-refractivity contribution is 5.92. The molecule has 3 aromatic rings. The van der Waals surface area contributed by atoms with E-state index in [1.165, 1.54) is 5.69 Å². The lowest BCUT2D eigenvalue weighted by atomic mass is 9.93. The van der Waals surface area contributed by atoms with Crippen LogP contribution in [0.4, 0.5) is 0 Å². The molecule has 4 heterocycles. The van der Waals surface area contributed by atoms with Gasteiger partial charge >= 0.3 is 0 Å². The van der Waals surface area contributed by atoms with Crippen molar-refractivity contribution in [2.24, 2.45) is 13.0 Å². The van der Waals surface area contributed by atoms with Crippen molar-refractivity contribution < 1.29 is 4.79 Å². The van der Waals surface area contributed by atoms with Crippen molar-refractivity contribution in [3.05, 3.63) is 53.9 Å². The number of nitrogens with zero attached hydrogens (tertiary/aromatic N) is 6. The largest absolute Gasteiger partial charge is 0.337 e. The second-order valence-corrected chi connectivity index (χ2v) is 7.94. The van der Waals surface area contributed by atoms with E-state index in [1.54, 1.807) is 10.9 Å². The molecule has 1 amide bonds. The molecule has 0 saturated carbocycles. The van der Waals surface area contributed by atoms with E-state index in [4.69, 9.17) is 0 Å². The van der Waals surface area contributed by atoms with Crippen LogP contribution in [0.2, 0.25) is 0 Å². The lowest BCUT2D eigenvalue weighted by molar-refractivity contribution is 0.0678. The summed E-state index contributed by atoms with van der Waals surface area (Å²) in [5.41, 5.74) is 3.77. The lowest BCUT2D eigenvalue weighted by Crippen LogP contribution is -2.39. The van der Waals surface area contributed by atoms with E-state index in [2.05, 4.69) is 32.6 Å². The van der Waals surface area contributed by atoms with Gasteiger partial charge in [0.05, 0.1) is 0 Å². The highest BCUT2D eigenvalue weighted by atomic mass is 16.2. The molecule has 4 rings (SSSR count). The summed E-state index contributed by atoms with van der Waals surface area (Å²) in [5, 5.41) is 4.33. The van der Waals surface area contributed by atoms with Gasteiger partial charge in [-0.1, -0.05) is 0 Å². The third kappa shape index (κ3) is 4.09. The first-order valence-corrected chi connectivity index (χ1v) is 10.3. The number of hydrogen-bond acceptors (Lipinski definition) is 4. The SMILES string of the molecule is Cc1cc(C(=O)N2CCC(CCn3c(C)cnc3-c3cccnc3)CC2)nn1C. The molecule has 0 aromatic carbocycles. The minimum Gasteiger partial charge on any atom is -0.337 e. The quantitative estimate of drug-likeness (QED) is 0.668. The van der Waals surface area contributed by atoms with Gasteiger partial charge in [0, 0.05) is 62.2 Å². The number of piperidine rings is 1. The van der Waals surface area contributed by atoms with Gasteiger partial charge in [-0.15, -0.1) is 0 Å². The number of carbonyl (C=O) groups excluding carboxylic acids is 1. The van der Waals surface area contributed by atoms with Crippen LogP contribution >= 0.6 is 0 Å². The van der Waals surface area contributed by atoms with E-state index in [-0.39, 0.29) is 5.91 Å². The molecular formula is C22H28N6O. The smallest absolute Gasteiger partial charge is 0.274 e. The van der Waals surface area contributed by atoms with Gasteiger partial charge in [-0.25, -0.2) is 4.98 Å². The summed E-state index contributed by atoms with van der Waals surface area (Å²) < 4.78 is 4.04. The van der Waals surface area contributed by atoms with Crippen LogP contribution in [-0.4, -0.2) is 48.2 Å². The number of likely N-dealkylation sites (tertiary alicyclic amines) is 1. The molecule has 0 spiro atoms.